The van der Waals surface area contributed by atoms with Gasteiger partial charge in [0, 0.05) is 18.7 Å². The summed E-state index contributed by atoms with van der Waals surface area (Å²) in [6.45, 7) is 7.17. The summed E-state index contributed by atoms with van der Waals surface area (Å²) in [5.41, 5.74) is 2.51. The topological polar surface area (TPSA) is 42.7 Å². The van der Waals surface area contributed by atoms with Crippen molar-refractivity contribution in [2.45, 2.75) is 32.9 Å². The fourth-order valence-corrected chi connectivity index (χ4v) is 2.32. The van der Waals surface area contributed by atoms with E-state index in [1.807, 2.05) is 0 Å². The predicted molar refractivity (Wildman–Crippen MR) is 71.3 cm³/mol. The molecule has 2 heterocycles. The van der Waals surface area contributed by atoms with E-state index in [9.17, 15) is 0 Å². The Kier molecular flexibility index (Phi) is 2.88. The Bertz CT molecular complexity index is 539. The SMILES string of the molecule is CC(C)c1ccc(-c2nnc3n2CCNC3)cc1. The molecule has 0 atom stereocenters. The van der Waals surface area contributed by atoms with E-state index in [4.69, 9.17) is 0 Å². The Morgan fingerprint density at radius 2 is 1.94 bits per heavy atom. The van der Waals surface area contributed by atoms with E-state index in [0.29, 0.717) is 5.92 Å². The van der Waals surface area contributed by atoms with Crippen molar-refractivity contribution in [3.05, 3.63) is 35.7 Å². The fraction of sp³-hybridized carbons (Fsp3) is 0.429. The van der Waals surface area contributed by atoms with Crippen LogP contribution >= 0.6 is 0 Å². The van der Waals surface area contributed by atoms with Crippen molar-refractivity contribution in [2.24, 2.45) is 0 Å². The number of rotatable bonds is 2. The molecule has 1 aromatic heterocycles. The molecule has 0 unspecified atom stereocenters. The molecule has 0 spiro atoms. The molecule has 2 aromatic rings. The van der Waals surface area contributed by atoms with Crippen molar-refractivity contribution in [3.8, 4) is 11.4 Å². The molecule has 0 saturated heterocycles. The van der Waals surface area contributed by atoms with Gasteiger partial charge in [0.25, 0.3) is 0 Å². The van der Waals surface area contributed by atoms with Crippen LogP contribution < -0.4 is 5.32 Å². The first-order chi connectivity index (χ1) is 8.75. The number of hydrogen-bond acceptors (Lipinski definition) is 3. The number of nitrogens with zero attached hydrogens (tertiary/aromatic N) is 3. The molecular formula is C14H18N4. The maximum Gasteiger partial charge on any atom is 0.164 e. The lowest BCUT2D eigenvalue weighted by molar-refractivity contribution is 0.508. The molecule has 0 amide bonds. The van der Waals surface area contributed by atoms with E-state index in [1.54, 1.807) is 0 Å². The highest BCUT2D eigenvalue weighted by molar-refractivity contribution is 5.56. The van der Waals surface area contributed by atoms with Gasteiger partial charge in [-0.2, -0.15) is 0 Å². The first-order valence-corrected chi connectivity index (χ1v) is 6.49. The van der Waals surface area contributed by atoms with E-state index >= 15 is 0 Å². The molecule has 1 aliphatic rings. The van der Waals surface area contributed by atoms with Gasteiger partial charge in [-0.25, -0.2) is 0 Å². The maximum atomic E-state index is 4.32. The summed E-state index contributed by atoms with van der Waals surface area (Å²) in [5, 5.41) is 11.9. The number of benzene rings is 1. The Hall–Kier alpha value is -1.68. The van der Waals surface area contributed by atoms with Gasteiger partial charge in [-0.1, -0.05) is 38.1 Å². The van der Waals surface area contributed by atoms with Gasteiger partial charge in [0.05, 0.1) is 6.54 Å². The molecule has 3 rings (SSSR count). The Morgan fingerprint density at radius 1 is 1.17 bits per heavy atom. The van der Waals surface area contributed by atoms with E-state index in [2.05, 4.69) is 58.2 Å². The van der Waals surface area contributed by atoms with Crippen LogP contribution in [0.15, 0.2) is 24.3 Å². The highest BCUT2D eigenvalue weighted by atomic mass is 15.3. The summed E-state index contributed by atoms with van der Waals surface area (Å²) in [6.07, 6.45) is 0. The smallest absolute Gasteiger partial charge is 0.164 e. The lowest BCUT2D eigenvalue weighted by atomic mass is 10.0. The Morgan fingerprint density at radius 3 is 2.67 bits per heavy atom. The summed E-state index contributed by atoms with van der Waals surface area (Å²) in [7, 11) is 0. The van der Waals surface area contributed by atoms with Crippen molar-refractivity contribution in [1.82, 2.24) is 20.1 Å². The Labute approximate surface area is 107 Å². The van der Waals surface area contributed by atoms with Gasteiger partial charge in [0.1, 0.15) is 5.82 Å². The van der Waals surface area contributed by atoms with Crippen LogP contribution in [0.5, 0.6) is 0 Å². The van der Waals surface area contributed by atoms with Crippen LogP contribution in [-0.4, -0.2) is 21.3 Å². The third kappa shape index (κ3) is 1.93. The van der Waals surface area contributed by atoms with Crippen molar-refractivity contribution in [3.63, 3.8) is 0 Å². The zero-order valence-electron chi connectivity index (χ0n) is 10.8. The molecule has 1 aromatic carbocycles. The lowest BCUT2D eigenvalue weighted by Crippen LogP contribution is -2.28. The minimum absolute atomic E-state index is 0.565. The van der Waals surface area contributed by atoms with Crippen LogP contribution in [0.25, 0.3) is 11.4 Å². The second kappa shape index (κ2) is 4.53. The highest BCUT2D eigenvalue weighted by Crippen LogP contribution is 2.22. The number of aromatic nitrogens is 3. The average Bonchev–Trinajstić information content (AvgIpc) is 2.82. The van der Waals surface area contributed by atoms with E-state index < -0.39 is 0 Å². The van der Waals surface area contributed by atoms with Crippen LogP contribution in [0.1, 0.15) is 31.2 Å². The number of fused-ring (bicyclic) bond motifs is 1. The molecule has 18 heavy (non-hydrogen) atoms. The minimum Gasteiger partial charge on any atom is -0.309 e. The standard InChI is InChI=1S/C14H18N4/c1-10(2)11-3-5-12(6-4-11)14-17-16-13-9-15-7-8-18(13)14/h3-6,10,15H,7-9H2,1-2H3. The molecule has 0 radical (unpaired) electrons. The van der Waals surface area contributed by atoms with Gasteiger partial charge in [-0.15, -0.1) is 10.2 Å². The van der Waals surface area contributed by atoms with Crippen molar-refractivity contribution in [2.75, 3.05) is 6.54 Å². The van der Waals surface area contributed by atoms with Crippen molar-refractivity contribution >= 4 is 0 Å². The number of hydrogen-bond donors (Lipinski definition) is 1. The fourth-order valence-electron chi connectivity index (χ4n) is 2.32. The summed E-state index contributed by atoms with van der Waals surface area (Å²) in [5.74, 6) is 2.58. The summed E-state index contributed by atoms with van der Waals surface area (Å²) in [4.78, 5) is 0. The molecule has 1 aliphatic heterocycles. The summed E-state index contributed by atoms with van der Waals surface area (Å²) in [6, 6.07) is 8.66. The van der Waals surface area contributed by atoms with Crippen LogP contribution in [-0.2, 0) is 13.1 Å². The van der Waals surface area contributed by atoms with Gasteiger partial charge in [0.15, 0.2) is 5.82 Å². The summed E-state index contributed by atoms with van der Waals surface area (Å²) >= 11 is 0. The zero-order chi connectivity index (χ0) is 12.5. The third-order valence-corrected chi connectivity index (χ3v) is 3.46. The van der Waals surface area contributed by atoms with Gasteiger partial charge in [-0.05, 0) is 11.5 Å². The molecule has 0 fully saturated rings. The zero-order valence-corrected chi connectivity index (χ0v) is 10.8. The first-order valence-electron chi connectivity index (χ1n) is 6.49. The molecule has 0 bridgehead atoms. The minimum atomic E-state index is 0.565. The lowest BCUT2D eigenvalue weighted by Gasteiger charge is -2.16. The van der Waals surface area contributed by atoms with Crippen LogP contribution in [0.3, 0.4) is 0 Å². The second-order valence-electron chi connectivity index (χ2n) is 5.04. The van der Waals surface area contributed by atoms with Crippen LogP contribution in [0.4, 0.5) is 0 Å². The Balaban J connectivity index is 1.97. The van der Waals surface area contributed by atoms with Crippen molar-refractivity contribution in [1.29, 1.82) is 0 Å². The summed E-state index contributed by atoms with van der Waals surface area (Å²) < 4.78 is 2.21. The van der Waals surface area contributed by atoms with Gasteiger partial charge in [-0.3, -0.25) is 0 Å². The first kappa shape index (κ1) is 11.4. The van der Waals surface area contributed by atoms with E-state index in [-0.39, 0.29) is 0 Å². The predicted octanol–water partition coefficient (Wildman–Crippen LogP) is 2.17. The van der Waals surface area contributed by atoms with Crippen LogP contribution in [0.2, 0.25) is 0 Å². The average molecular weight is 242 g/mol. The number of nitrogens with one attached hydrogen (secondary N) is 1. The molecule has 0 saturated carbocycles. The largest absolute Gasteiger partial charge is 0.309 e. The monoisotopic (exact) mass is 242 g/mol. The van der Waals surface area contributed by atoms with Gasteiger partial charge >= 0.3 is 0 Å². The van der Waals surface area contributed by atoms with Crippen molar-refractivity contribution < 1.29 is 0 Å². The van der Waals surface area contributed by atoms with E-state index in [0.717, 1.165) is 36.8 Å². The third-order valence-electron chi connectivity index (χ3n) is 3.46. The molecule has 4 heteroatoms. The molecule has 0 aliphatic carbocycles. The normalized spacial score (nSPS) is 14.8. The molecular weight excluding hydrogens is 224 g/mol. The van der Waals surface area contributed by atoms with Gasteiger partial charge < -0.3 is 9.88 Å². The molecule has 1 N–H and O–H groups in total. The molecule has 94 valence electrons. The van der Waals surface area contributed by atoms with E-state index in [1.165, 1.54) is 5.56 Å². The quantitative estimate of drug-likeness (QED) is 0.877. The van der Waals surface area contributed by atoms with Gasteiger partial charge in [0.2, 0.25) is 0 Å². The van der Waals surface area contributed by atoms with Crippen LogP contribution in [0, 0.1) is 0 Å². The maximum absolute atomic E-state index is 4.32. The second-order valence-corrected chi connectivity index (χ2v) is 5.04. The highest BCUT2D eigenvalue weighted by Gasteiger charge is 2.16. The molecule has 4 nitrogen and oxygen atoms in total.